The molecule has 4 amide bonds. The first-order valence-electron chi connectivity index (χ1n) is 11.4. The van der Waals surface area contributed by atoms with Crippen molar-refractivity contribution in [2.75, 3.05) is 29.5 Å². The van der Waals surface area contributed by atoms with Crippen molar-refractivity contribution in [1.29, 1.82) is 0 Å². The number of anilines is 2. The number of aldehydes is 1. The van der Waals surface area contributed by atoms with E-state index in [1.54, 1.807) is 32.0 Å². The van der Waals surface area contributed by atoms with Crippen LogP contribution in [0.4, 0.5) is 11.4 Å². The molecule has 1 aromatic carbocycles. The Hall–Kier alpha value is -3.97. The van der Waals surface area contributed by atoms with Crippen molar-refractivity contribution in [3.8, 4) is 0 Å². The summed E-state index contributed by atoms with van der Waals surface area (Å²) in [6.07, 6.45) is 0.229. The van der Waals surface area contributed by atoms with Gasteiger partial charge in [0.25, 0.3) is 17.7 Å². The minimum absolute atomic E-state index is 0.195. The van der Waals surface area contributed by atoms with Gasteiger partial charge in [0.15, 0.2) is 0 Å². The van der Waals surface area contributed by atoms with Crippen molar-refractivity contribution in [3.05, 3.63) is 39.8 Å². The molecule has 3 rings (SSSR count). The maximum absolute atomic E-state index is 13.7. The smallest absolute Gasteiger partial charge is 0.263 e. The van der Waals surface area contributed by atoms with E-state index >= 15 is 0 Å². The summed E-state index contributed by atoms with van der Waals surface area (Å²) in [5.41, 5.74) is 0.925. The summed E-state index contributed by atoms with van der Waals surface area (Å²) >= 11 is 1.15. The van der Waals surface area contributed by atoms with E-state index in [4.69, 9.17) is 0 Å². The van der Waals surface area contributed by atoms with Gasteiger partial charge in [0.1, 0.15) is 36.1 Å². The SMILES string of the molecule is CC(=O)C[C@@H](C=O)NC(=O)CN1C(=O)[C@@H](NC(=O)c2sc(C)nc2C)CN(C(=O)CO)c2ccccc21. The van der Waals surface area contributed by atoms with Crippen LogP contribution in [0.2, 0.25) is 0 Å². The summed E-state index contributed by atoms with van der Waals surface area (Å²) in [5, 5.41) is 15.3. The van der Waals surface area contributed by atoms with Crippen LogP contribution in [0, 0.1) is 13.8 Å². The third-order valence-corrected chi connectivity index (χ3v) is 6.64. The Bertz CT molecular complexity index is 1240. The fourth-order valence-corrected chi connectivity index (χ4v) is 4.81. The second kappa shape index (κ2) is 11.8. The third-order valence-electron chi connectivity index (χ3n) is 5.56. The molecule has 2 aromatic rings. The first-order chi connectivity index (χ1) is 17.5. The number of hydrogen-bond acceptors (Lipinski definition) is 9. The first kappa shape index (κ1) is 27.6. The number of aryl methyl sites for hydroxylation is 2. The van der Waals surface area contributed by atoms with Gasteiger partial charge in [-0.15, -0.1) is 11.3 Å². The zero-order valence-corrected chi connectivity index (χ0v) is 21.3. The van der Waals surface area contributed by atoms with Crippen LogP contribution >= 0.6 is 11.3 Å². The van der Waals surface area contributed by atoms with Crippen molar-refractivity contribution in [1.82, 2.24) is 15.6 Å². The number of aliphatic hydroxyl groups is 1. The van der Waals surface area contributed by atoms with Gasteiger partial charge < -0.3 is 25.4 Å². The summed E-state index contributed by atoms with van der Waals surface area (Å²) in [5.74, 6) is -2.99. The number of fused-ring (bicyclic) bond motifs is 1. The van der Waals surface area contributed by atoms with E-state index in [0.29, 0.717) is 21.9 Å². The molecule has 37 heavy (non-hydrogen) atoms. The molecule has 2 atom stereocenters. The number of amides is 4. The Labute approximate surface area is 216 Å². The molecule has 1 aliphatic heterocycles. The Morgan fingerprint density at radius 3 is 2.46 bits per heavy atom. The van der Waals surface area contributed by atoms with Crippen LogP contribution in [0.15, 0.2) is 24.3 Å². The van der Waals surface area contributed by atoms with Gasteiger partial charge in [-0.2, -0.15) is 0 Å². The zero-order chi connectivity index (χ0) is 27.3. The fraction of sp³-hybridized carbons (Fsp3) is 0.375. The van der Waals surface area contributed by atoms with Gasteiger partial charge in [-0.25, -0.2) is 4.98 Å². The summed E-state index contributed by atoms with van der Waals surface area (Å²) in [4.78, 5) is 81.6. The standard InChI is InChI=1S/C24H27N5O7S/c1-13(32)8-16(11-30)26-20(33)10-29-19-7-5-4-6-18(19)28(21(34)12-31)9-17(24(29)36)27-23(35)22-14(2)25-15(3)37-22/h4-7,11,16-17,31H,8-10,12H2,1-3H3,(H,26,33)(H,27,35)/t16-,17-/m0/s1. The van der Waals surface area contributed by atoms with Crippen molar-refractivity contribution in [3.63, 3.8) is 0 Å². The van der Waals surface area contributed by atoms with Crippen LogP contribution in [0.3, 0.4) is 0 Å². The number of hydrogen-bond donors (Lipinski definition) is 3. The van der Waals surface area contributed by atoms with Gasteiger partial charge in [0, 0.05) is 6.42 Å². The number of benzene rings is 1. The molecule has 0 bridgehead atoms. The molecule has 0 aliphatic carbocycles. The zero-order valence-electron chi connectivity index (χ0n) is 20.5. The third kappa shape index (κ3) is 6.43. The predicted octanol–water partition coefficient (Wildman–Crippen LogP) is -0.107. The number of para-hydroxylation sites is 2. The number of rotatable bonds is 9. The lowest BCUT2D eigenvalue weighted by molar-refractivity contribution is -0.127. The molecule has 0 saturated carbocycles. The number of aromatic nitrogens is 1. The molecule has 0 saturated heterocycles. The van der Waals surface area contributed by atoms with Crippen molar-refractivity contribution in [2.45, 2.75) is 39.3 Å². The summed E-state index contributed by atoms with van der Waals surface area (Å²) in [6, 6.07) is 3.95. The van der Waals surface area contributed by atoms with E-state index in [2.05, 4.69) is 15.6 Å². The van der Waals surface area contributed by atoms with Crippen LogP contribution in [-0.2, 0) is 24.0 Å². The lowest BCUT2D eigenvalue weighted by atomic mass is 10.1. The molecule has 13 heteroatoms. The first-order valence-corrected chi connectivity index (χ1v) is 12.2. The Morgan fingerprint density at radius 1 is 1.22 bits per heavy atom. The number of carbonyl (C=O) groups excluding carboxylic acids is 6. The Morgan fingerprint density at radius 2 is 1.89 bits per heavy atom. The van der Waals surface area contributed by atoms with Crippen LogP contribution in [0.1, 0.15) is 33.7 Å². The van der Waals surface area contributed by atoms with E-state index in [1.807, 2.05) is 0 Å². The van der Waals surface area contributed by atoms with Gasteiger partial charge in [-0.3, -0.25) is 28.9 Å². The number of ketones is 1. The quantitative estimate of drug-likeness (QED) is 0.379. The second-order valence-corrected chi connectivity index (χ2v) is 9.67. The molecule has 0 radical (unpaired) electrons. The number of nitrogens with zero attached hydrogens (tertiary/aromatic N) is 3. The van der Waals surface area contributed by atoms with E-state index in [-0.39, 0.29) is 30.1 Å². The highest BCUT2D eigenvalue weighted by atomic mass is 32.1. The highest BCUT2D eigenvalue weighted by Gasteiger charge is 2.38. The lowest BCUT2D eigenvalue weighted by Gasteiger charge is -2.25. The molecule has 0 fully saturated rings. The number of thiazole rings is 1. The maximum Gasteiger partial charge on any atom is 0.263 e. The average Bonchev–Trinajstić information content (AvgIpc) is 3.16. The molecular weight excluding hydrogens is 502 g/mol. The van der Waals surface area contributed by atoms with Gasteiger partial charge in [-0.1, -0.05) is 12.1 Å². The topological polar surface area (TPSA) is 166 Å². The molecule has 196 valence electrons. The average molecular weight is 530 g/mol. The molecule has 1 aliphatic rings. The molecule has 3 N–H and O–H groups in total. The maximum atomic E-state index is 13.7. The van der Waals surface area contributed by atoms with Crippen molar-refractivity contribution >= 4 is 58.4 Å². The number of nitrogens with one attached hydrogen (secondary N) is 2. The van der Waals surface area contributed by atoms with Crippen molar-refractivity contribution in [2.24, 2.45) is 0 Å². The summed E-state index contributed by atoms with van der Waals surface area (Å²) in [7, 11) is 0. The van der Waals surface area contributed by atoms with Crippen LogP contribution < -0.4 is 20.4 Å². The summed E-state index contributed by atoms with van der Waals surface area (Å²) in [6.45, 7) is 2.99. The minimum atomic E-state index is -1.27. The molecule has 1 aromatic heterocycles. The lowest BCUT2D eigenvalue weighted by Crippen LogP contribution is -2.55. The van der Waals surface area contributed by atoms with Crippen LogP contribution in [0.5, 0.6) is 0 Å². The highest BCUT2D eigenvalue weighted by molar-refractivity contribution is 7.13. The predicted molar refractivity (Wildman–Crippen MR) is 134 cm³/mol. The largest absolute Gasteiger partial charge is 0.387 e. The number of carbonyl (C=O) groups is 6. The van der Waals surface area contributed by atoms with Crippen molar-refractivity contribution < 1.29 is 33.9 Å². The number of Topliss-reactive ketones (excluding diaryl/α,β-unsaturated/α-hetero) is 1. The van der Waals surface area contributed by atoms with E-state index in [9.17, 15) is 33.9 Å². The second-order valence-electron chi connectivity index (χ2n) is 8.47. The van der Waals surface area contributed by atoms with Crippen LogP contribution in [-0.4, -0.2) is 77.6 Å². The fourth-order valence-electron chi connectivity index (χ4n) is 3.98. The Balaban J connectivity index is 1.97. The van der Waals surface area contributed by atoms with E-state index in [0.717, 1.165) is 16.2 Å². The van der Waals surface area contributed by atoms with Gasteiger partial charge in [0.05, 0.1) is 34.7 Å². The summed E-state index contributed by atoms with van der Waals surface area (Å²) < 4.78 is 0. The molecular formula is C24H27N5O7S. The molecule has 12 nitrogen and oxygen atoms in total. The normalized spacial score (nSPS) is 15.9. The van der Waals surface area contributed by atoms with Gasteiger partial charge in [-0.05, 0) is 32.9 Å². The highest BCUT2D eigenvalue weighted by Crippen LogP contribution is 2.33. The van der Waals surface area contributed by atoms with Gasteiger partial charge >= 0.3 is 0 Å². The van der Waals surface area contributed by atoms with E-state index < -0.39 is 48.9 Å². The Kier molecular flexibility index (Phi) is 8.84. The molecule has 2 heterocycles. The van der Waals surface area contributed by atoms with E-state index in [1.165, 1.54) is 17.9 Å². The van der Waals surface area contributed by atoms with Crippen LogP contribution in [0.25, 0.3) is 0 Å². The molecule has 0 spiro atoms. The number of aliphatic hydroxyl groups excluding tert-OH is 1. The minimum Gasteiger partial charge on any atom is -0.387 e. The molecule has 0 unspecified atom stereocenters. The van der Waals surface area contributed by atoms with Gasteiger partial charge in [0.2, 0.25) is 5.91 Å². The monoisotopic (exact) mass is 529 g/mol.